The van der Waals surface area contributed by atoms with Gasteiger partial charge < -0.3 is 0 Å². The molecule has 0 saturated carbocycles. The van der Waals surface area contributed by atoms with Crippen molar-refractivity contribution < 1.29 is 0 Å². The third kappa shape index (κ3) is 3.14. The van der Waals surface area contributed by atoms with E-state index in [2.05, 4.69) is 68.3 Å². The number of thiophene rings is 1. The van der Waals surface area contributed by atoms with Gasteiger partial charge in [-0.15, -0.1) is 11.3 Å². The summed E-state index contributed by atoms with van der Waals surface area (Å²) in [5.41, 5.74) is 3.03. The van der Waals surface area contributed by atoms with Crippen molar-refractivity contribution in [2.24, 2.45) is 5.92 Å². The normalized spacial score (nSPS) is 22.8. The number of hydrogen-bond donors (Lipinski definition) is 0. The molecule has 1 aromatic carbocycles. The fraction of sp³-hybridized carbons (Fsp3) is 0.375. The van der Waals surface area contributed by atoms with Gasteiger partial charge in [-0.05, 0) is 70.8 Å². The zero-order valence-electron chi connectivity index (χ0n) is 10.6. The summed E-state index contributed by atoms with van der Waals surface area (Å²) < 4.78 is 1.24. The molecule has 2 aromatic rings. The average Bonchev–Trinajstić information content (AvgIpc) is 2.75. The van der Waals surface area contributed by atoms with Crippen LogP contribution in [0.25, 0.3) is 0 Å². The molecule has 1 aliphatic carbocycles. The highest BCUT2D eigenvalue weighted by molar-refractivity contribution is 9.11. The molecule has 0 radical (unpaired) electrons. The zero-order chi connectivity index (χ0) is 13.2. The zero-order valence-corrected chi connectivity index (χ0v) is 14.6. The van der Waals surface area contributed by atoms with Gasteiger partial charge in [-0.3, -0.25) is 0 Å². The van der Waals surface area contributed by atoms with Gasteiger partial charge in [-0.25, -0.2) is 0 Å². The summed E-state index contributed by atoms with van der Waals surface area (Å²) in [6.45, 7) is 0. The largest absolute Gasteiger partial charge is 0.133 e. The van der Waals surface area contributed by atoms with Crippen molar-refractivity contribution in [1.29, 1.82) is 0 Å². The standard InChI is InChI=1S/C16H16Br2S/c17-15-9-8-13(19-15)10-12-6-3-5-11-4-1-2-7-14(11)16(12)18/h1-2,4,7-9,12,16H,3,5-6,10H2. The molecule has 19 heavy (non-hydrogen) atoms. The van der Waals surface area contributed by atoms with Crippen molar-refractivity contribution in [2.45, 2.75) is 30.5 Å². The molecule has 0 spiro atoms. The topological polar surface area (TPSA) is 0 Å². The average molecular weight is 400 g/mol. The minimum Gasteiger partial charge on any atom is -0.133 e. The number of alkyl halides is 1. The second kappa shape index (κ2) is 6.11. The van der Waals surface area contributed by atoms with E-state index in [0.29, 0.717) is 10.7 Å². The third-order valence-electron chi connectivity index (χ3n) is 3.88. The Hall–Kier alpha value is -0.120. The molecule has 1 aliphatic rings. The van der Waals surface area contributed by atoms with Crippen LogP contribution in [0.15, 0.2) is 40.2 Å². The second-order valence-corrected chi connectivity index (χ2v) is 8.70. The number of benzene rings is 1. The van der Waals surface area contributed by atoms with Crippen LogP contribution < -0.4 is 0 Å². The van der Waals surface area contributed by atoms with Crippen molar-refractivity contribution in [2.75, 3.05) is 0 Å². The number of rotatable bonds is 2. The van der Waals surface area contributed by atoms with Gasteiger partial charge in [-0.1, -0.05) is 40.2 Å². The van der Waals surface area contributed by atoms with E-state index in [4.69, 9.17) is 0 Å². The summed E-state index contributed by atoms with van der Waals surface area (Å²) in [6.07, 6.45) is 5.01. The fourth-order valence-electron chi connectivity index (χ4n) is 2.91. The monoisotopic (exact) mass is 398 g/mol. The predicted molar refractivity (Wildman–Crippen MR) is 90.3 cm³/mol. The van der Waals surface area contributed by atoms with E-state index in [1.165, 1.54) is 45.5 Å². The van der Waals surface area contributed by atoms with Crippen LogP contribution in [0.5, 0.6) is 0 Å². The van der Waals surface area contributed by atoms with Crippen molar-refractivity contribution in [3.05, 3.63) is 56.2 Å². The van der Waals surface area contributed by atoms with E-state index in [0.717, 1.165) is 0 Å². The Morgan fingerprint density at radius 3 is 2.79 bits per heavy atom. The smallest absolute Gasteiger partial charge is 0.0701 e. The summed E-state index contributed by atoms with van der Waals surface area (Å²) in [4.78, 5) is 1.98. The summed E-state index contributed by atoms with van der Waals surface area (Å²) >= 11 is 9.39. The van der Waals surface area contributed by atoms with E-state index in [1.807, 2.05) is 11.3 Å². The van der Waals surface area contributed by atoms with Crippen LogP contribution in [0.3, 0.4) is 0 Å². The fourth-order valence-corrected chi connectivity index (χ4v) is 5.39. The lowest BCUT2D eigenvalue weighted by molar-refractivity contribution is 0.478. The van der Waals surface area contributed by atoms with Gasteiger partial charge in [0.05, 0.1) is 3.79 Å². The van der Waals surface area contributed by atoms with E-state index in [1.54, 1.807) is 0 Å². The Kier molecular flexibility index (Phi) is 4.45. The van der Waals surface area contributed by atoms with Gasteiger partial charge in [-0.2, -0.15) is 0 Å². The molecule has 0 N–H and O–H groups in total. The number of aryl methyl sites for hydroxylation is 1. The van der Waals surface area contributed by atoms with Crippen molar-refractivity contribution in [3.8, 4) is 0 Å². The number of halogens is 2. The third-order valence-corrected chi connectivity index (χ3v) is 6.77. The lowest BCUT2D eigenvalue weighted by atomic mass is 9.93. The van der Waals surface area contributed by atoms with E-state index < -0.39 is 0 Å². The van der Waals surface area contributed by atoms with Crippen molar-refractivity contribution in [1.82, 2.24) is 0 Å². The van der Waals surface area contributed by atoms with E-state index in [-0.39, 0.29) is 0 Å². The van der Waals surface area contributed by atoms with Gasteiger partial charge in [0.1, 0.15) is 0 Å². The Labute approximate surface area is 135 Å². The van der Waals surface area contributed by atoms with Crippen LogP contribution in [-0.4, -0.2) is 0 Å². The molecule has 0 saturated heterocycles. The Morgan fingerprint density at radius 2 is 2.00 bits per heavy atom. The predicted octanol–water partition coefficient (Wildman–Crippen LogP) is 6.14. The summed E-state index contributed by atoms with van der Waals surface area (Å²) in [5.74, 6) is 0.703. The molecule has 3 rings (SSSR count). The molecule has 1 aromatic heterocycles. The molecule has 3 heteroatoms. The minimum absolute atomic E-state index is 0.493. The van der Waals surface area contributed by atoms with Gasteiger partial charge in [0.15, 0.2) is 0 Å². The number of hydrogen-bond acceptors (Lipinski definition) is 1. The van der Waals surface area contributed by atoms with Gasteiger partial charge >= 0.3 is 0 Å². The van der Waals surface area contributed by atoms with E-state index in [9.17, 15) is 0 Å². The summed E-state index contributed by atoms with van der Waals surface area (Å²) in [6, 6.07) is 13.3. The molecule has 100 valence electrons. The minimum atomic E-state index is 0.493. The first kappa shape index (κ1) is 13.8. The van der Waals surface area contributed by atoms with Gasteiger partial charge in [0.2, 0.25) is 0 Å². The number of fused-ring (bicyclic) bond motifs is 1. The molecule has 1 heterocycles. The maximum atomic E-state index is 3.96. The SMILES string of the molecule is Brc1ccc(CC2CCCc3ccccc3C2Br)s1. The molecular formula is C16H16Br2S. The lowest BCUT2D eigenvalue weighted by Crippen LogP contribution is -2.09. The first-order chi connectivity index (χ1) is 9.24. The van der Waals surface area contributed by atoms with Crippen LogP contribution in [0, 0.1) is 5.92 Å². The quantitative estimate of drug-likeness (QED) is 0.420. The van der Waals surface area contributed by atoms with Crippen molar-refractivity contribution >= 4 is 43.2 Å². The first-order valence-electron chi connectivity index (χ1n) is 6.70. The molecule has 2 atom stereocenters. The van der Waals surface area contributed by atoms with Crippen LogP contribution in [0.1, 0.15) is 33.7 Å². The van der Waals surface area contributed by atoms with Crippen molar-refractivity contribution in [3.63, 3.8) is 0 Å². The van der Waals surface area contributed by atoms with E-state index >= 15 is 0 Å². The molecule has 0 nitrogen and oxygen atoms in total. The van der Waals surface area contributed by atoms with Crippen LogP contribution in [0.2, 0.25) is 0 Å². The van der Waals surface area contributed by atoms with Gasteiger partial charge in [0, 0.05) is 9.70 Å². The maximum absolute atomic E-state index is 3.96. The molecule has 0 amide bonds. The molecule has 2 unspecified atom stereocenters. The second-order valence-electron chi connectivity index (χ2n) is 5.16. The Morgan fingerprint density at radius 1 is 1.16 bits per heavy atom. The van der Waals surface area contributed by atoms with Gasteiger partial charge in [0.25, 0.3) is 0 Å². The molecule has 0 fully saturated rings. The first-order valence-corrected chi connectivity index (χ1v) is 9.22. The summed E-state index contributed by atoms with van der Waals surface area (Å²) in [7, 11) is 0. The maximum Gasteiger partial charge on any atom is 0.0701 e. The Bertz CT molecular complexity index is 561. The molecular weight excluding hydrogens is 384 g/mol. The molecule has 0 aliphatic heterocycles. The van der Waals surface area contributed by atoms with Crippen LogP contribution >= 0.6 is 43.2 Å². The van der Waals surface area contributed by atoms with Crippen LogP contribution in [-0.2, 0) is 12.8 Å². The lowest BCUT2D eigenvalue weighted by Gasteiger charge is -2.21. The highest BCUT2D eigenvalue weighted by atomic mass is 79.9. The highest BCUT2D eigenvalue weighted by Crippen LogP contribution is 2.41. The summed E-state index contributed by atoms with van der Waals surface area (Å²) in [5, 5.41) is 0. The molecule has 0 bridgehead atoms. The van der Waals surface area contributed by atoms with Crippen LogP contribution in [0.4, 0.5) is 0 Å². The Balaban J connectivity index is 1.83. The highest BCUT2D eigenvalue weighted by Gasteiger charge is 2.25.